The summed E-state index contributed by atoms with van der Waals surface area (Å²) < 4.78 is 17.1. The van der Waals surface area contributed by atoms with E-state index in [1.807, 2.05) is 31.2 Å². The molecule has 1 aliphatic carbocycles. The number of ether oxygens (including phenoxy) is 3. The molecule has 1 saturated carbocycles. The zero-order chi connectivity index (χ0) is 19.1. The summed E-state index contributed by atoms with van der Waals surface area (Å²) in [7, 11) is 0. The minimum absolute atomic E-state index is 0.0561. The molecule has 0 spiro atoms. The average Bonchev–Trinajstić information content (AvgIpc) is 3.54. The van der Waals surface area contributed by atoms with Crippen molar-refractivity contribution in [2.24, 2.45) is 5.92 Å². The highest BCUT2D eigenvalue weighted by atomic mass is 16.5. The van der Waals surface area contributed by atoms with Gasteiger partial charge in [0.25, 0.3) is 5.91 Å². The lowest BCUT2D eigenvalue weighted by molar-refractivity contribution is -0.142. The van der Waals surface area contributed by atoms with Gasteiger partial charge in [0, 0.05) is 31.9 Å². The molecule has 2 aliphatic rings. The van der Waals surface area contributed by atoms with E-state index in [-0.39, 0.29) is 5.91 Å². The summed E-state index contributed by atoms with van der Waals surface area (Å²) in [6.07, 6.45) is 3.03. The van der Waals surface area contributed by atoms with Gasteiger partial charge in [-0.2, -0.15) is 0 Å². The fourth-order valence-electron chi connectivity index (χ4n) is 3.32. The maximum absolute atomic E-state index is 12.8. The van der Waals surface area contributed by atoms with E-state index in [1.165, 1.54) is 0 Å². The zero-order valence-corrected chi connectivity index (χ0v) is 16.5. The largest absolute Gasteiger partial charge is 0.492 e. The first kappa shape index (κ1) is 20.1. The number of anilines is 1. The minimum atomic E-state index is -0.733. The normalized spacial score (nSPS) is 20.1. The number of carbonyl (C=O) groups excluding carboxylic acids is 1. The van der Waals surface area contributed by atoms with Gasteiger partial charge in [0.2, 0.25) is 0 Å². The predicted octanol–water partition coefficient (Wildman–Crippen LogP) is 2.93. The van der Waals surface area contributed by atoms with Gasteiger partial charge >= 0.3 is 0 Å². The number of carbonyl (C=O) groups is 1. The van der Waals surface area contributed by atoms with E-state index in [2.05, 4.69) is 17.1 Å². The van der Waals surface area contributed by atoms with Gasteiger partial charge in [0.05, 0.1) is 13.2 Å². The van der Waals surface area contributed by atoms with Gasteiger partial charge in [0.1, 0.15) is 18.0 Å². The van der Waals surface area contributed by atoms with E-state index < -0.39 is 5.60 Å². The van der Waals surface area contributed by atoms with E-state index >= 15 is 0 Å². The third kappa shape index (κ3) is 5.67. The number of hydrogen-bond acceptors (Lipinski definition) is 5. The SMILES string of the molecule is CCCO[C@](C)(C(=O)Nc1ccc(OCCN2CCOCC2)cc1)C1CC1. The van der Waals surface area contributed by atoms with Gasteiger partial charge in [-0.1, -0.05) is 6.92 Å². The number of benzene rings is 1. The van der Waals surface area contributed by atoms with E-state index in [9.17, 15) is 4.79 Å². The first-order chi connectivity index (χ1) is 13.1. The number of rotatable bonds is 10. The van der Waals surface area contributed by atoms with Gasteiger partial charge < -0.3 is 19.5 Å². The van der Waals surface area contributed by atoms with Crippen LogP contribution >= 0.6 is 0 Å². The molecule has 1 amide bonds. The Balaban J connectivity index is 1.47. The number of nitrogens with one attached hydrogen (secondary N) is 1. The summed E-state index contributed by atoms with van der Waals surface area (Å²) in [5, 5.41) is 3.01. The lowest BCUT2D eigenvalue weighted by atomic mass is 9.98. The van der Waals surface area contributed by atoms with Crippen LogP contribution in [0.4, 0.5) is 5.69 Å². The van der Waals surface area contributed by atoms with Crippen molar-refractivity contribution in [2.45, 2.75) is 38.7 Å². The molecule has 1 N–H and O–H groups in total. The third-order valence-electron chi connectivity index (χ3n) is 5.31. The Morgan fingerprint density at radius 3 is 2.56 bits per heavy atom. The molecule has 1 aromatic carbocycles. The van der Waals surface area contributed by atoms with Crippen LogP contribution in [-0.4, -0.2) is 62.5 Å². The highest BCUT2D eigenvalue weighted by Crippen LogP contribution is 2.42. The van der Waals surface area contributed by atoms with Gasteiger partial charge in [-0.3, -0.25) is 9.69 Å². The topological polar surface area (TPSA) is 60.0 Å². The molecule has 6 heteroatoms. The van der Waals surface area contributed by atoms with Crippen molar-refractivity contribution in [3.63, 3.8) is 0 Å². The average molecular weight is 376 g/mol. The van der Waals surface area contributed by atoms with Gasteiger partial charge in [-0.25, -0.2) is 0 Å². The molecule has 1 saturated heterocycles. The Hall–Kier alpha value is -1.63. The molecule has 6 nitrogen and oxygen atoms in total. The molecule has 27 heavy (non-hydrogen) atoms. The molecule has 150 valence electrons. The van der Waals surface area contributed by atoms with Crippen LogP contribution in [0, 0.1) is 5.92 Å². The first-order valence-corrected chi connectivity index (χ1v) is 10.1. The molecule has 2 fully saturated rings. The molecule has 1 aliphatic heterocycles. The summed E-state index contributed by atoms with van der Waals surface area (Å²) >= 11 is 0. The second kappa shape index (κ2) is 9.53. The lowest BCUT2D eigenvalue weighted by Gasteiger charge is -2.28. The molecular weight excluding hydrogens is 344 g/mol. The molecule has 1 heterocycles. The molecule has 1 atom stereocenters. The third-order valence-corrected chi connectivity index (χ3v) is 5.31. The molecule has 0 radical (unpaired) electrons. The van der Waals surface area contributed by atoms with Crippen LogP contribution in [0.5, 0.6) is 5.75 Å². The van der Waals surface area contributed by atoms with E-state index in [0.29, 0.717) is 19.1 Å². The van der Waals surface area contributed by atoms with Crippen LogP contribution in [0.15, 0.2) is 24.3 Å². The van der Waals surface area contributed by atoms with Crippen LogP contribution in [0.1, 0.15) is 33.1 Å². The number of nitrogens with zero attached hydrogens (tertiary/aromatic N) is 1. The Labute approximate surface area is 162 Å². The molecule has 1 aromatic rings. The minimum Gasteiger partial charge on any atom is -0.492 e. The van der Waals surface area contributed by atoms with Crippen molar-refractivity contribution < 1.29 is 19.0 Å². The maximum Gasteiger partial charge on any atom is 0.256 e. The van der Waals surface area contributed by atoms with Gasteiger partial charge in [-0.15, -0.1) is 0 Å². The predicted molar refractivity (Wildman–Crippen MR) is 105 cm³/mol. The Kier molecular flexibility index (Phi) is 7.10. The van der Waals surface area contributed by atoms with Crippen LogP contribution in [0.2, 0.25) is 0 Å². The van der Waals surface area contributed by atoms with Crippen molar-refractivity contribution in [2.75, 3.05) is 51.4 Å². The van der Waals surface area contributed by atoms with E-state index in [1.54, 1.807) is 0 Å². The van der Waals surface area contributed by atoms with E-state index in [4.69, 9.17) is 14.2 Å². The second-order valence-corrected chi connectivity index (χ2v) is 7.51. The fraction of sp³-hybridized carbons (Fsp3) is 0.667. The number of morpholine rings is 1. The van der Waals surface area contributed by atoms with E-state index in [0.717, 1.165) is 63.5 Å². The van der Waals surface area contributed by atoms with Crippen molar-refractivity contribution in [1.29, 1.82) is 0 Å². The molecule has 0 aromatic heterocycles. The monoisotopic (exact) mass is 376 g/mol. The van der Waals surface area contributed by atoms with Crippen LogP contribution in [0.3, 0.4) is 0 Å². The molecule has 3 rings (SSSR count). The molecule has 0 unspecified atom stereocenters. The summed E-state index contributed by atoms with van der Waals surface area (Å²) in [6, 6.07) is 7.57. The summed E-state index contributed by atoms with van der Waals surface area (Å²) in [5.74, 6) is 1.08. The zero-order valence-electron chi connectivity index (χ0n) is 16.5. The Morgan fingerprint density at radius 1 is 1.22 bits per heavy atom. The van der Waals surface area contributed by atoms with Crippen molar-refractivity contribution in [3.8, 4) is 5.75 Å². The fourth-order valence-corrected chi connectivity index (χ4v) is 3.32. The quantitative estimate of drug-likeness (QED) is 0.680. The second-order valence-electron chi connectivity index (χ2n) is 7.51. The Bertz CT molecular complexity index is 597. The Morgan fingerprint density at radius 2 is 1.93 bits per heavy atom. The van der Waals surface area contributed by atoms with Crippen molar-refractivity contribution in [3.05, 3.63) is 24.3 Å². The molecular formula is C21H32N2O4. The first-order valence-electron chi connectivity index (χ1n) is 10.1. The number of hydrogen-bond donors (Lipinski definition) is 1. The summed E-state index contributed by atoms with van der Waals surface area (Å²) in [5.41, 5.74) is 0.0380. The maximum atomic E-state index is 12.8. The van der Waals surface area contributed by atoms with Crippen LogP contribution < -0.4 is 10.1 Å². The standard InChI is InChI=1S/C21H32N2O4/c1-3-13-27-21(2,17-4-5-17)20(24)22-18-6-8-19(9-7-18)26-16-12-23-10-14-25-15-11-23/h6-9,17H,3-5,10-16H2,1-2H3,(H,22,24)/t21-/m0/s1. The van der Waals surface area contributed by atoms with Crippen molar-refractivity contribution >= 4 is 11.6 Å². The highest BCUT2D eigenvalue weighted by molar-refractivity contribution is 5.97. The summed E-state index contributed by atoms with van der Waals surface area (Å²) in [6.45, 7) is 9.67. The van der Waals surface area contributed by atoms with Crippen molar-refractivity contribution in [1.82, 2.24) is 4.90 Å². The summed E-state index contributed by atoms with van der Waals surface area (Å²) in [4.78, 5) is 15.1. The smallest absolute Gasteiger partial charge is 0.256 e. The molecule has 0 bridgehead atoms. The van der Waals surface area contributed by atoms with Gasteiger partial charge in [-0.05, 0) is 56.4 Å². The van der Waals surface area contributed by atoms with Crippen LogP contribution in [-0.2, 0) is 14.3 Å². The van der Waals surface area contributed by atoms with Crippen LogP contribution in [0.25, 0.3) is 0 Å². The number of amides is 1. The lowest BCUT2D eigenvalue weighted by Crippen LogP contribution is -2.45. The highest BCUT2D eigenvalue weighted by Gasteiger charge is 2.48. The van der Waals surface area contributed by atoms with Gasteiger partial charge in [0.15, 0.2) is 0 Å².